The van der Waals surface area contributed by atoms with Crippen LogP contribution in [0.5, 0.6) is 0 Å². The summed E-state index contributed by atoms with van der Waals surface area (Å²) in [6.07, 6.45) is 7.43. The van der Waals surface area contributed by atoms with E-state index in [-0.39, 0.29) is 17.4 Å². The van der Waals surface area contributed by atoms with Gasteiger partial charge in [0, 0.05) is 19.6 Å². The molecule has 156 valence electrons. The molecule has 1 aromatic carbocycles. The van der Waals surface area contributed by atoms with Gasteiger partial charge in [-0.1, -0.05) is 18.2 Å². The number of nitrogens with two attached hydrogens (primary N) is 1. The summed E-state index contributed by atoms with van der Waals surface area (Å²) in [5.41, 5.74) is 8.97. The van der Waals surface area contributed by atoms with E-state index < -0.39 is 5.54 Å². The minimum atomic E-state index is -0.885. The van der Waals surface area contributed by atoms with Crippen LogP contribution in [0.4, 0.5) is 0 Å². The standard InChI is InChI=1S/C23H31N3O3/c1-28-12-11-26-20(27)23(25-21(26)24)19-13-16(15-3-4-15)5-6-17(19)14-22(23)9-7-18(29-2)8-10-22/h5-6,13,15,18H,3-4,7-12,14H2,1-2H3,(H2,24,25)/t18?,22?,23-/m0/s1. The van der Waals surface area contributed by atoms with Crippen molar-refractivity contribution < 1.29 is 14.3 Å². The van der Waals surface area contributed by atoms with Crippen LogP contribution in [0.2, 0.25) is 0 Å². The summed E-state index contributed by atoms with van der Waals surface area (Å²) in [5, 5.41) is 0. The van der Waals surface area contributed by atoms with Gasteiger partial charge < -0.3 is 15.2 Å². The molecule has 6 heteroatoms. The summed E-state index contributed by atoms with van der Waals surface area (Å²) in [7, 11) is 3.43. The Morgan fingerprint density at radius 1 is 1.21 bits per heavy atom. The average Bonchev–Trinajstić information content (AvgIpc) is 3.50. The Morgan fingerprint density at radius 2 is 1.97 bits per heavy atom. The second-order valence-electron chi connectivity index (χ2n) is 9.21. The summed E-state index contributed by atoms with van der Waals surface area (Å²) in [6, 6.07) is 6.79. The van der Waals surface area contributed by atoms with Gasteiger partial charge in [0.05, 0.1) is 19.3 Å². The molecule has 0 radical (unpaired) electrons. The highest BCUT2D eigenvalue weighted by molar-refractivity contribution is 6.08. The number of hydrogen-bond donors (Lipinski definition) is 1. The lowest BCUT2D eigenvalue weighted by Gasteiger charge is -2.45. The predicted octanol–water partition coefficient (Wildman–Crippen LogP) is 2.69. The minimum absolute atomic E-state index is 0.0367. The maximum absolute atomic E-state index is 14.0. The lowest BCUT2D eigenvalue weighted by Crippen LogP contribution is -2.52. The van der Waals surface area contributed by atoms with Crippen LogP contribution in [0.1, 0.15) is 61.1 Å². The van der Waals surface area contributed by atoms with E-state index in [4.69, 9.17) is 20.2 Å². The molecule has 1 aromatic rings. The van der Waals surface area contributed by atoms with Crippen molar-refractivity contribution in [3.05, 3.63) is 34.9 Å². The molecule has 0 unspecified atom stereocenters. The molecule has 6 nitrogen and oxygen atoms in total. The van der Waals surface area contributed by atoms with Gasteiger partial charge in [-0.3, -0.25) is 9.69 Å². The molecule has 5 rings (SSSR count). The van der Waals surface area contributed by atoms with E-state index in [1.807, 2.05) is 0 Å². The first-order valence-electron chi connectivity index (χ1n) is 10.9. The normalized spacial score (nSPS) is 33.6. The van der Waals surface area contributed by atoms with Crippen molar-refractivity contribution in [1.82, 2.24) is 4.90 Å². The van der Waals surface area contributed by atoms with Crippen molar-refractivity contribution in [3.63, 3.8) is 0 Å². The number of carbonyl (C=O) groups is 1. The van der Waals surface area contributed by atoms with E-state index in [1.54, 1.807) is 19.1 Å². The molecule has 1 heterocycles. The Morgan fingerprint density at radius 3 is 2.62 bits per heavy atom. The zero-order valence-corrected chi connectivity index (χ0v) is 17.4. The fourth-order valence-corrected chi connectivity index (χ4v) is 5.95. The van der Waals surface area contributed by atoms with E-state index in [0.717, 1.165) is 37.7 Å². The zero-order valence-electron chi connectivity index (χ0n) is 17.4. The minimum Gasteiger partial charge on any atom is -0.383 e. The molecule has 2 spiro atoms. The number of benzene rings is 1. The van der Waals surface area contributed by atoms with Gasteiger partial charge in [-0.05, 0) is 67.6 Å². The number of amides is 1. The van der Waals surface area contributed by atoms with E-state index in [2.05, 4.69) is 18.2 Å². The van der Waals surface area contributed by atoms with Crippen LogP contribution < -0.4 is 5.73 Å². The van der Waals surface area contributed by atoms with Crippen molar-refractivity contribution in [3.8, 4) is 0 Å². The van der Waals surface area contributed by atoms with Crippen LogP contribution in [0, 0.1) is 5.41 Å². The number of aliphatic imine (C=N–C) groups is 1. The van der Waals surface area contributed by atoms with Gasteiger partial charge in [0.1, 0.15) is 0 Å². The molecular weight excluding hydrogens is 366 g/mol. The zero-order chi connectivity index (χ0) is 20.2. The Balaban J connectivity index is 1.61. The molecule has 0 bridgehead atoms. The Kier molecular flexibility index (Phi) is 4.48. The average molecular weight is 398 g/mol. The monoisotopic (exact) mass is 397 g/mol. The lowest BCUT2D eigenvalue weighted by atomic mass is 9.61. The molecular formula is C23H31N3O3. The second kappa shape index (κ2) is 6.81. The summed E-state index contributed by atoms with van der Waals surface area (Å²) < 4.78 is 10.9. The second-order valence-corrected chi connectivity index (χ2v) is 9.21. The smallest absolute Gasteiger partial charge is 0.262 e. The van der Waals surface area contributed by atoms with Crippen molar-refractivity contribution >= 4 is 11.9 Å². The molecule has 1 amide bonds. The molecule has 1 atom stereocenters. The van der Waals surface area contributed by atoms with Crippen molar-refractivity contribution in [2.75, 3.05) is 27.4 Å². The largest absolute Gasteiger partial charge is 0.383 e. The Hall–Kier alpha value is -1.92. The molecule has 1 aliphatic heterocycles. The van der Waals surface area contributed by atoms with Crippen molar-refractivity contribution in [2.45, 2.75) is 62.5 Å². The number of nitrogens with zero attached hydrogens (tertiary/aromatic N) is 2. The molecule has 2 N–H and O–H groups in total. The molecule has 2 saturated carbocycles. The SMILES string of the molecule is COCCN1C(=O)[C@@]2(N=C1N)c1cc(C3CC3)ccc1CC21CCC(OC)CC1. The maximum Gasteiger partial charge on any atom is 0.262 e. The lowest BCUT2D eigenvalue weighted by molar-refractivity contribution is -0.138. The van der Waals surface area contributed by atoms with Crippen LogP contribution in [0.15, 0.2) is 23.2 Å². The van der Waals surface area contributed by atoms with Crippen LogP contribution in [-0.2, 0) is 26.2 Å². The summed E-state index contributed by atoms with van der Waals surface area (Å²) >= 11 is 0. The molecule has 29 heavy (non-hydrogen) atoms. The topological polar surface area (TPSA) is 77.2 Å². The molecule has 2 fully saturated rings. The van der Waals surface area contributed by atoms with Gasteiger partial charge >= 0.3 is 0 Å². The summed E-state index contributed by atoms with van der Waals surface area (Å²) in [4.78, 5) is 20.6. The fourth-order valence-electron chi connectivity index (χ4n) is 5.95. The van der Waals surface area contributed by atoms with E-state index in [1.165, 1.54) is 24.0 Å². The first-order chi connectivity index (χ1) is 14.0. The fraction of sp³-hybridized carbons (Fsp3) is 0.652. The Labute approximate surface area is 172 Å². The number of methoxy groups -OCH3 is 2. The van der Waals surface area contributed by atoms with Crippen LogP contribution in [0.3, 0.4) is 0 Å². The van der Waals surface area contributed by atoms with Gasteiger partial charge in [0.2, 0.25) is 0 Å². The highest BCUT2D eigenvalue weighted by atomic mass is 16.5. The van der Waals surface area contributed by atoms with Gasteiger partial charge in [-0.15, -0.1) is 0 Å². The third-order valence-corrected chi connectivity index (χ3v) is 7.72. The van der Waals surface area contributed by atoms with E-state index >= 15 is 0 Å². The number of carbonyl (C=O) groups excluding carboxylic acids is 1. The highest BCUT2D eigenvalue weighted by Gasteiger charge is 2.66. The van der Waals surface area contributed by atoms with Crippen LogP contribution in [-0.4, -0.2) is 50.2 Å². The van der Waals surface area contributed by atoms with Gasteiger partial charge in [0.25, 0.3) is 5.91 Å². The van der Waals surface area contributed by atoms with Gasteiger partial charge in [0.15, 0.2) is 11.5 Å². The number of hydrogen-bond acceptors (Lipinski definition) is 5. The predicted molar refractivity (Wildman–Crippen MR) is 111 cm³/mol. The van der Waals surface area contributed by atoms with Crippen molar-refractivity contribution in [2.24, 2.45) is 16.1 Å². The van der Waals surface area contributed by atoms with E-state index in [9.17, 15) is 4.79 Å². The first kappa shape index (κ1) is 19.1. The molecule has 4 aliphatic rings. The summed E-state index contributed by atoms with van der Waals surface area (Å²) in [5.74, 6) is 1.01. The number of rotatable bonds is 5. The van der Waals surface area contributed by atoms with Gasteiger partial charge in [-0.25, -0.2) is 4.99 Å². The maximum atomic E-state index is 14.0. The van der Waals surface area contributed by atoms with Gasteiger partial charge in [-0.2, -0.15) is 0 Å². The Bertz CT molecular complexity index is 855. The number of ether oxygens (including phenoxy) is 2. The van der Waals surface area contributed by atoms with E-state index in [0.29, 0.717) is 25.0 Å². The third kappa shape index (κ3) is 2.68. The number of guanidine groups is 1. The van der Waals surface area contributed by atoms with Crippen molar-refractivity contribution in [1.29, 1.82) is 0 Å². The molecule has 0 saturated heterocycles. The van der Waals surface area contributed by atoms with Crippen LogP contribution in [0.25, 0.3) is 0 Å². The highest BCUT2D eigenvalue weighted by Crippen LogP contribution is 2.62. The summed E-state index contributed by atoms with van der Waals surface area (Å²) in [6.45, 7) is 0.895. The first-order valence-corrected chi connectivity index (χ1v) is 10.9. The number of fused-ring (bicyclic) bond motifs is 3. The molecule has 0 aromatic heterocycles. The quantitative estimate of drug-likeness (QED) is 0.829. The molecule has 3 aliphatic carbocycles. The third-order valence-electron chi connectivity index (χ3n) is 7.72. The van der Waals surface area contributed by atoms with Crippen LogP contribution >= 0.6 is 0 Å².